The van der Waals surface area contributed by atoms with Crippen LogP contribution in [0, 0.1) is 22.7 Å². The van der Waals surface area contributed by atoms with Gasteiger partial charge in [0, 0.05) is 0 Å². The van der Waals surface area contributed by atoms with Gasteiger partial charge in [0.25, 0.3) is 0 Å². The predicted octanol–water partition coefficient (Wildman–Crippen LogP) is 4.07. The summed E-state index contributed by atoms with van der Waals surface area (Å²) < 4.78 is 5.11. The second-order valence-corrected chi connectivity index (χ2v) is 5.00. The molecule has 0 radical (unpaired) electrons. The van der Waals surface area contributed by atoms with Crippen molar-refractivity contribution in [2.45, 2.75) is 12.3 Å². The first kappa shape index (κ1) is 14.9. The molecule has 4 heteroatoms. The lowest BCUT2D eigenvalue weighted by atomic mass is 9.93. The van der Waals surface area contributed by atoms with E-state index >= 15 is 0 Å². The molecule has 2 aromatic carbocycles. The third kappa shape index (κ3) is 3.54. The fourth-order valence-electron chi connectivity index (χ4n) is 2.09. The Labute approximate surface area is 129 Å². The maximum absolute atomic E-state index is 9.38. The number of nitrogens with zero attached hydrogens (tertiary/aromatic N) is 2. The Morgan fingerprint density at radius 2 is 1.86 bits per heavy atom. The van der Waals surface area contributed by atoms with Gasteiger partial charge in [-0.25, -0.2) is 0 Å². The van der Waals surface area contributed by atoms with Crippen molar-refractivity contribution in [1.82, 2.24) is 0 Å². The standard InChI is InChI=1S/C17H13ClN2O/c1-21-17-7-6-14(9-16(17)18)15(11-20)8-12-2-4-13(10-19)5-3-12/h2-7,9,15H,8H2,1H3. The molecular formula is C17H13ClN2O. The van der Waals surface area contributed by atoms with Crippen LogP contribution in [-0.4, -0.2) is 7.11 Å². The molecule has 0 amide bonds. The minimum Gasteiger partial charge on any atom is -0.495 e. The van der Waals surface area contributed by atoms with Gasteiger partial charge in [-0.1, -0.05) is 29.8 Å². The van der Waals surface area contributed by atoms with Crippen molar-refractivity contribution in [3.63, 3.8) is 0 Å². The van der Waals surface area contributed by atoms with E-state index in [9.17, 15) is 5.26 Å². The highest BCUT2D eigenvalue weighted by Crippen LogP contribution is 2.29. The summed E-state index contributed by atoms with van der Waals surface area (Å²) in [5, 5.41) is 18.7. The molecule has 0 saturated carbocycles. The van der Waals surface area contributed by atoms with E-state index in [-0.39, 0.29) is 5.92 Å². The summed E-state index contributed by atoms with van der Waals surface area (Å²) in [5.74, 6) is 0.303. The number of rotatable bonds is 4. The van der Waals surface area contributed by atoms with Crippen molar-refractivity contribution >= 4 is 11.6 Å². The van der Waals surface area contributed by atoms with Crippen LogP contribution in [-0.2, 0) is 6.42 Å². The highest BCUT2D eigenvalue weighted by Gasteiger charge is 2.13. The molecule has 2 aromatic rings. The van der Waals surface area contributed by atoms with E-state index in [2.05, 4.69) is 12.1 Å². The van der Waals surface area contributed by atoms with Crippen LogP contribution in [0.1, 0.15) is 22.6 Å². The summed E-state index contributed by atoms with van der Waals surface area (Å²) in [4.78, 5) is 0. The van der Waals surface area contributed by atoms with Crippen molar-refractivity contribution in [3.05, 3.63) is 64.2 Å². The van der Waals surface area contributed by atoms with Crippen LogP contribution in [0.2, 0.25) is 5.02 Å². The summed E-state index contributed by atoms with van der Waals surface area (Å²) in [7, 11) is 1.55. The van der Waals surface area contributed by atoms with Gasteiger partial charge in [0.15, 0.2) is 0 Å². The van der Waals surface area contributed by atoms with E-state index in [1.165, 1.54) is 0 Å². The zero-order chi connectivity index (χ0) is 15.2. The largest absolute Gasteiger partial charge is 0.495 e. The molecular weight excluding hydrogens is 284 g/mol. The average Bonchev–Trinajstić information content (AvgIpc) is 2.53. The van der Waals surface area contributed by atoms with E-state index in [1.807, 2.05) is 18.2 Å². The Morgan fingerprint density at radius 3 is 2.38 bits per heavy atom. The third-order valence-corrected chi connectivity index (χ3v) is 3.55. The summed E-state index contributed by atoms with van der Waals surface area (Å²) in [5.41, 5.74) is 2.47. The first-order valence-corrected chi connectivity index (χ1v) is 6.78. The lowest BCUT2D eigenvalue weighted by Crippen LogP contribution is -2.01. The molecule has 0 bridgehead atoms. The number of halogens is 1. The van der Waals surface area contributed by atoms with E-state index in [4.69, 9.17) is 21.6 Å². The molecule has 0 fully saturated rings. The SMILES string of the molecule is COc1ccc(C(C#N)Cc2ccc(C#N)cc2)cc1Cl. The molecule has 0 aliphatic carbocycles. The fraction of sp³-hybridized carbons (Fsp3) is 0.176. The van der Waals surface area contributed by atoms with Crippen LogP contribution in [0.15, 0.2) is 42.5 Å². The van der Waals surface area contributed by atoms with Gasteiger partial charge in [0.1, 0.15) is 5.75 Å². The van der Waals surface area contributed by atoms with E-state index in [0.29, 0.717) is 22.8 Å². The van der Waals surface area contributed by atoms with Crippen LogP contribution < -0.4 is 4.74 Å². The predicted molar refractivity (Wildman–Crippen MR) is 81.2 cm³/mol. The first-order valence-electron chi connectivity index (χ1n) is 6.40. The summed E-state index contributed by atoms with van der Waals surface area (Å²) in [6.45, 7) is 0. The van der Waals surface area contributed by atoms with E-state index < -0.39 is 0 Å². The summed E-state index contributed by atoms with van der Waals surface area (Å²) in [6.07, 6.45) is 0.574. The molecule has 1 atom stereocenters. The molecule has 0 aliphatic rings. The Kier molecular flexibility index (Phi) is 4.82. The molecule has 0 saturated heterocycles. The van der Waals surface area contributed by atoms with Crippen LogP contribution >= 0.6 is 11.6 Å². The second kappa shape index (κ2) is 6.79. The van der Waals surface area contributed by atoms with Crippen molar-refractivity contribution in [3.8, 4) is 17.9 Å². The number of ether oxygens (including phenoxy) is 1. The Morgan fingerprint density at radius 1 is 1.14 bits per heavy atom. The van der Waals surface area contributed by atoms with Gasteiger partial charge in [0.05, 0.1) is 35.8 Å². The fourth-order valence-corrected chi connectivity index (χ4v) is 2.35. The molecule has 3 nitrogen and oxygen atoms in total. The average molecular weight is 297 g/mol. The lowest BCUT2D eigenvalue weighted by Gasteiger charge is -2.11. The molecule has 0 aliphatic heterocycles. The minimum atomic E-state index is -0.290. The molecule has 21 heavy (non-hydrogen) atoms. The zero-order valence-corrected chi connectivity index (χ0v) is 12.3. The van der Waals surface area contributed by atoms with Gasteiger partial charge in [0.2, 0.25) is 0 Å². The van der Waals surface area contributed by atoms with Gasteiger partial charge in [-0.15, -0.1) is 0 Å². The number of benzene rings is 2. The normalized spacial score (nSPS) is 11.2. The van der Waals surface area contributed by atoms with Crippen molar-refractivity contribution < 1.29 is 4.74 Å². The molecule has 0 spiro atoms. The Bertz CT molecular complexity index is 711. The summed E-state index contributed by atoms with van der Waals surface area (Å²) in [6, 6.07) is 17.0. The maximum Gasteiger partial charge on any atom is 0.137 e. The molecule has 1 unspecified atom stereocenters. The van der Waals surface area contributed by atoms with Gasteiger partial charge < -0.3 is 4.74 Å². The highest BCUT2D eigenvalue weighted by atomic mass is 35.5. The molecule has 104 valence electrons. The van der Waals surface area contributed by atoms with Gasteiger partial charge in [-0.2, -0.15) is 10.5 Å². The van der Waals surface area contributed by atoms with Crippen molar-refractivity contribution in [2.75, 3.05) is 7.11 Å². The van der Waals surface area contributed by atoms with Crippen LogP contribution in [0.5, 0.6) is 5.75 Å². The van der Waals surface area contributed by atoms with Crippen LogP contribution in [0.25, 0.3) is 0 Å². The number of methoxy groups -OCH3 is 1. The first-order chi connectivity index (χ1) is 10.2. The second-order valence-electron chi connectivity index (χ2n) is 4.59. The van der Waals surface area contributed by atoms with Crippen LogP contribution in [0.4, 0.5) is 0 Å². The molecule has 0 N–H and O–H groups in total. The van der Waals surface area contributed by atoms with Gasteiger partial charge in [-0.3, -0.25) is 0 Å². The van der Waals surface area contributed by atoms with E-state index in [0.717, 1.165) is 11.1 Å². The Balaban J connectivity index is 2.22. The Hall–Kier alpha value is -2.49. The van der Waals surface area contributed by atoms with Crippen molar-refractivity contribution in [1.29, 1.82) is 10.5 Å². The third-order valence-electron chi connectivity index (χ3n) is 3.26. The number of hydrogen-bond acceptors (Lipinski definition) is 3. The quantitative estimate of drug-likeness (QED) is 0.854. The zero-order valence-electron chi connectivity index (χ0n) is 11.5. The maximum atomic E-state index is 9.38. The van der Waals surface area contributed by atoms with Gasteiger partial charge >= 0.3 is 0 Å². The topological polar surface area (TPSA) is 56.8 Å². The molecule has 0 aromatic heterocycles. The molecule has 0 heterocycles. The van der Waals surface area contributed by atoms with Crippen molar-refractivity contribution in [2.24, 2.45) is 0 Å². The van der Waals surface area contributed by atoms with E-state index in [1.54, 1.807) is 31.4 Å². The minimum absolute atomic E-state index is 0.290. The number of nitriles is 2. The lowest BCUT2D eigenvalue weighted by molar-refractivity contribution is 0.415. The van der Waals surface area contributed by atoms with Crippen LogP contribution in [0.3, 0.4) is 0 Å². The summed E-state index contributed by atoms with van der Waals surface area (Å²) >= 11 is 6.10. The van der Waals surface area contributed by atoms with Gasteiger partial charge in [-0.05, 0) is 41.8 Å². The highest BCUT2D eigenvalue weighted by molar-refractivity contribution is 6.32. The smallest absolute Gasteiger partial charge is 0.137 e. The monoisotopic (exact) mass is 296 g/mol. The molecule has 2 rings (SSSR count). The number of hydrogen-bond donors (Lipinski definition) is 0.